The fourth-order valence-corrected chi connectivity index (χ4v) is 3.67. The number of hydrogen-bond acceptors (Lipinski definition) is 0. The van der Waals surface area contributed by atoms with Gasteiger partial charge in [-0.3, -0.25) is 0 Å². The number of benzene rings is 2. The summed E-state index contributed by atoms with van der Waals surface area (Å²) in [6.07, 6.45) is 0. The number of halogens is 2. The molecule has 80 valence electrons. The maximum atomic E-state index is 6.14. The van der Waals surface area contributed by atoms with Gasteiger partial charge in [-0.05, 0) is 16.3 Å². The van der Waals surface area contributed by atoms with Gasteiger partial charge in [-0.25, -0.2) is 0 Å². The van der Waals surface area contributed by atoms with Crippen molar-refractivity contribution in [2.75, 3.05) is 0 Å². The van der Waals surface area contributed by atoms with E-state index >= 15 is 0 Å². The molecule has 0 N–H and O–H groups in total. The summed E-state index contributed by atoms with van der Waals surface area (Å²) < 4.78 is 0. The lowest BCUT2D eigenvalue weighted by molar-refractivity contribution is 1.62. The van der Waals surface area contributed by atoms with Crippen LogP contribution in [-0.2, 0) is 0 Å². The third kappa shape index (κ3) is 2.61. The van der Waals surface area contributed by atoms with Crippen molar-refractivity contribution in [1.29, 1.82) is 0 Å². The molecular weight excluding hydrogens is 255 g/mol. The minimum atomic E-state index is -1.52. The van der Waals surface area contributed by atoms with Gasteiger partial charge in [0.15, 0.2) is 0 Å². The van der Waals surface area contributed by atoms with E-state index in [1.54, 1.807) is 0 Å². The lowest BCUT2D eigenvalue weighted by Crippen LogP contribution is -2.10. The van der Waals surface area contributed by atoms with Crippen molar-refractivity contribution in [2.45, 2.75) is 0 Å². The third-order valence-corrected chi connectivity index (χ3v) is 4.40. The molecule has 0 amide bonds. The van der Waals surface area contributed by atoms with E-state index < -0.39 is 7.03 Å². The molecule has 0 saturated heterocycles. The van der Waals surface area contributed by atoms with Crippen molar-refractivity contribution < 1.29 is 0 Å². The molecule has 0 heterocycles. The predicted molar refractivity (Wildman–Crippen MR) is 73.6 cm³/mol. The average molecular weight is 265 g/mol. The van der Waals surface area contributed by atoms with Crippen molar-refractivity contribution in [3.8, 4) is 0 Å². The topological polar surface area (TPSA) is 0 Å². The SMILES string of the molecule is Cl[Si](Cl)=C(c1ccccc1)c1ccccc1. The van der Waals surface area contributed by atoms with E-state index in [2.05, 4.69) is 0 Å². The molecule has 0 bridgehead atoms. The van der Waals surface area contributed by atoms with Crippen molar-refractivity contribution in [3.05, 3.63) is 71.8 Å². The first-order valence-corrected chi connectivity index (χ1v) is 8.47. The Morgan fingerprint density at radius 3 is 1.38 bits per heavy atom. The maximum absolute atomic E-state index is 6.14. The lowest BCUT2D eigenvalue weighted by atomic mass is 10.1. The Kier molecular flexibility index (Phi) is 3.94. The van der Waals surface area contributed by atoms with Crippen LogP contribution in [0.2, 0.25) is 0 Å². The van der Waals surface area contributed by atoms with Gasteiger partial charge in [0.2, 0.25) is 7.03 Å². The van der Waals surface area contributed by atoms with Gasteiger partial charge in [0, 0.05) is 0 Å². The van der Waals surface area contributed by atoms with Gasteiger partial charge in [0.25, 0.3) is 0 Å². The van der Waals surface area contributed by atoms with Gasteiger partial charge >= 0.3 is 0 Å². The molecule has 2 aromatic rings. The molecule has 2 aromatic carbocycles. The van der Waals surface area contributed by atoms with Crippen molar-refractivity contribution >= 4 is 34.4 Å². The Morgan fingerprint density at radius 2 is 1.06 bits per heavy atom. The molecule has 0 atom stereocenters. The van der Waals surface area contributed by atoms with Crippen LogP contribution in [0.3, 0.4) is 0 Å². The molecule has 16 heavy (non-hydrogen) atoms. The fourth-order valence-electron chi connectivity index (χ4n) is 1.59. The second-order valence-electron chi connectivity index (χ2n) is 3.37. The zero-order valence-electron chi connectivity index (χ0n) is 8.53. The van der Waals surface area contributed by atoms with Crippen LogP contribution >= 0.6 is 22.2 Å². The van der Waals surface area contributed by atoms with Crippen LogP contribution in [0.25, 0.3) is 0 Å². The summed E-state index contributed by atoms with van der Waals surface area (Å²) in [5, 5.41) is 1.05. The second-order valence-corrected chi connectivity index (χ2v) is 7.24. The molecule has 0 unspecified atom stereocenters. The highest BCUT2D eigenvalue weighted by molar-refractivity contribution is 7.36. The predicted octanol–water partition coefficient (Wildman–Crippen LogP) is 3.80. The Labute approximate surface area is 106 Å². The van der Waals surface area contributed by atoms with E-state index in [0.717, 1.165) is 16.3 Å². The Balaban J connectivity index is 2.54. The second kappa shape index (κ2) is 5.44. The van der Waals surface area contributed by atoms with Gasteiger partial charge in [-0.2, -0.15) is 0 Å². The van der Waals surface area contributed by atoms with Crippen molar-refractivity contribution in [3.63, 3.8) is 0 Å². The van der Waals surface area contributed by atoms with Gasteiger partial charge in [-0.15, -0.1) is 22.2 Å². The maximum Gasteiger partial charge on any atom is 0.241 e. The zero-order chi connectivity index (χ0) is 11.4. The van der Waals surface area contributed by atoms with E-state index in [9.17, 15) is 0 Å². The Morgan fingerprint density at radius 1 is 0.688 bits per heavy atom. The van der Waals surface area contributed by atoms with E-state index in [0.29, 0.717) is 0 Å². The lowest BCUT2D eigenvalue weighted by Gasteiger charge is -2.07. The normalized spacial score (nSPS) is 9.88. The molecule has 0 aliphatic rings. The van der Waals surface area contributed by atoms with Crippen LogP contribution < -0.4 is 0 Å². The van der Waals surface area contributed by atoms with E-state index in [4.69, 9.17) is 22.2 Å². The standard InChI is InChI=1S/C13H10Cl2Si/c14-16(15)13(11-7-3-1-4-8-11)12-9-5-2-6-10-12/h1-10H. The Hall–Kier alpha value is -0.893. The number of hydrogen-bond donors (Lipinski definition) is 0. The summed E-state index contributed by atoms with van der Waals surface area (Å²) in [6, 6.07) is 20.1. The number of rotatable bonds is 2. The Bertz CT molecular complexity index is 446. The highest BCUT2D eigenvalue weighted by Gasteiger charge is 2.08. The van der Waals surface area contributed by atoms with Crippen LogP contribution in [0.5, 0.6) is 0 Å². The quantitative estimate of drug-likeness (QED) is 0.572. The third-order valence-electron chi connectivity index (χ3n) is 2.31. The molecule has 0 aromatic heterocycles. The highest BCUT2D eigenvalue weighted by Crippen LogP contribution is 2.12. The van der Waals surface area contributed by atoms with Crippen LogP contribution in [0, 0.1) is 0 Å². The summed E-state index contributed by atoms with van der Waals surface area (Å²) in [6.45, 7) is 0. The first-order valence-electron chi connectivity index (χ1n) is 4.95. The molecule has 2 rings (SSSR count). The van der Waals surface area contributed by atoms with E-state index in [-0.39, 0.29) is 0 Å². The highest BCUT2D eigenvalue weighted by atomic mass is 35.7. The van der Waals surface area contributed by atoms with Crippen LogP contribution in [0.15, 0.2) is 60.7 Å². The summed E-state index contributed by atoms with van der Waals surface area (Å²) in [4.78, 5) is 0. The smallest absolute Gasteiger partial charge is 0.117 e. The molecule has 0 spiro atoms. The molecule has 0 aliphatic carbocycles. The van der Waals surface area contributed by atoms with Crippen LogP contribution in [0.4, 0.5) is 0 Å². The van der Waals surface area contributed by atoms with Gasteiger partial charge < -0.3 is 0 Å². The zero-order valence-corrected chi connectivity index (χ0v) is 11.0. The molecular formula is C13H10Cl2Si. The van der Waals surface area contributed by atoms with Gasteiger partial charge in [0.05, 0.1) is 0 Å². The summed E-state index contributed by atoms with van der Waals surface area (Å²) >= 11 is 12.3. The molecule has 0 radical (unpaired) electrons. The molecule has 3 heteroatoms. The average Bonchev–Trinajstić information content (AvgIpc) is 2.31. The minimum absolute atomic E-state index is 1.05. The molecule has 0 fully saturated rings. The first kappa shape index (κ1) is 11.6. The van der Waals surface area contributed by atoms with Crippen LogP contribution in [-0.4, -0.2) is 12.2 Å². The molecule has 0 aliphatic heterocycles. The first-order chi connectivity index (χ1) is 7.79. The minimum Gasteiger partial charge on any atom is -0.117 e. The van der Waals surface area contributed by atoms with E-state index in [1.165, 1.54) is 0 Å². The van der Waals surface area contributed by atoms with Crippen LogP contribution in [0.1, 0.15) is 11.1 Å². The fraction of sp³-hybridized carbons (Fsp3) is 0. The monoisotopic (exact) mass is 264 g/mol. The summed E-state index contributed by atoms with van der Waals surface area (Å²) in [7, 11) is -1.52. The summed E-state index contributed by atoms with van der Waals surface area (Å²) in [5.41, 5.74) is 2.21. The summed E-state index contributed by atoms with van der Waals surface area (Å²) in [5.74, 6) is 0. The van der Waals surface area contributed by atoms with Crippen molar-refractivity contribution in [1.82, 2.24) is 0 Å². The molecule has 0 saturated carbocycles. The van der Waals surface area contributed by atoms with Gasteiger partial charge in [0.1, 0.15) is 0 Å². The van der Waals surface area contributed by atoms with E-state index in [1.807, 2.05) is 60.7 Å². The van der Waals surface area contributed by atoms with Crippen molar-refractivity contribution in [2.24, 2.45) is 0 Å². The largest absolute Gasteiger partial charge is 0.241 e. The van der Waals surface area contributed by atoms with Gasteiger partial charge in [-0.1, -0.05) is 60.7 Å². The molecule has 0 nitrogen and oxygen atoms in total.